The molecule has 0 saturated carbocycles. The second kappa shape index (κ2) is 2.13. The first-order chi connectivity index (χ1) is 6.34. The third-order valence-electron chi connectivity index (χ3n) is 2.12. The Bertz CT molecular complexity index is 577. The summed E-state index contributed by atoms with van der Waals surface area (Å²) in [6, 6.07) is 7.91. The molecule has 0 saturated heterocycles. The fourth-order valence-corrected chi connectivity index (χ4v) is 1.56. The molecule has 3 aromatic rings. The van der Waals surface area contributed by atoms with Gasteiger partial charge in [0.15, 0.2) is 5.58 Å². The van der Waals surface area contributed by atoms with Crippen molar-refractivity contribution in [1.29, 1.82) is 0 Å². The summed E-state index contributed by atoms with van der Waals surface area (Å²) in [6.07, 6.45) is 1.97. The third-order valence-corrected chi connectivity index (χ3v) is 2.12. The molecule has 3 rings (SSSR count). The van der Waals surface area contributed by atoms with Crippen LogP contribution in [-0.2, 0) is 0 Å². The van der Waals surface area contributed by atoms with Crippen LogP contribution in [-0.4, -0.2) is 9.38 Å². The summed E-state index contributed by atoms with van der Waals surface area (Å²) in [5.41, 5.74) is 2.92. The lowest BCUT2D eigenvalue weighted by molar-refractivity contribution is 0.641. The van der Waals surface area contributed by atoms with Gasteiger partial charge in [0.2, 0.25) is 0 Å². The minimum Gasteiger partial charge on any atom is -0.423 e. The number of nitrogens with zero attached hydrogens (tertiary/aromatic N) is 2. The predicted molar refractivity (Wildman–Crippen MR) is 49.7 cm³/mol. The zero-order valence-corrected chi connectivity index (χ0v) is 7.19. The van der Waals surface area contributed by atoms with Gasteiger partial charge in [0.1, 0.15) is 0 Å². The third kappa shape index (κ3) is 0.811. The van der Waals surface area contributed by atoms with Crippen molar-refractivity contribution in [3.63, 3.8) is 0 Å². The van der Waals surface area contributed by atoms with E-state index >= 15 is 0 Å². The van der Waals surface area contributed by atoms with Gasteiger partial charge >= 0.3 is 5.84 Å². The molecule has 3 nitrogen and oxygen atoms in total. The molecule has 0 radical (unpaired) electrons. The topological polar surface area (TPSA) is 30.4 Å². The summed E-state index contributed by atoms with van der Waals surface area (Å²) in [7, 11) is 0. The Morgan fingerprint density at radius 3 is 3.08 bits per heavy atom. The van der Waals surface area contributed by atoms with Gasteiger partial charge in [-0.25, -0.2) is 0 Å². The molecule has 0 atom stereocenters. The van der Waals surface area contributed by atoms with E-state index in [1.165, 1.54) is 0 Å². The molecule has 0 bridgehead atoms. The Hall–Kier alpha value is -1.77. The Labute approximate surface area is 74.6 Å². The maximum Gasteiger partial charge on any atom is 0.307 e. The molecule has 0 aliphatic heterocycles. The quantitative estimate of drug-likeness (QED) is 0.521. The normalized spacial score (nSPS) is 11.5. The minimum absolute atomic E-state index is 0.665. The Morgan fingerprint density at radius 1 is 1.31 bits per heavy atom. The number of aromatic nitrogens is 2. The number of benzene rings is 1. The number of fused-ring (bicyclic) bond motifs is 3. The summed E-state index contributed by atoms with van der Waals surface area (Å²) < 4.78 is 7.49. The van der Waals surface area contributed by atoms with Gasteiger partial charge in [-0.3, -0.25) is 4.40 Å². The largest absolute Gasteiger partial charge is 0.423 e. The van der Waals surface area contributed by atoms with E-state index in [1.807, 2.05) is 41.8 Å². The van der Waals surface area contributed by atoms with Crippen molar-refractivity contribution < 1.29 is 4.42 Å². The zero-order chi connectivity index (χ0) is 8.84. The molecule has 13 heavy (non-hydrogen) atoms. The predicted octanol–water partition coefficient (Wildman–Crippen LogP) is 2.39. The number of imidazole rings is 1. The van der Waals surface area contributed by atoms with E-state index in [1.54, 1.807) is 0 Å². The maximum atomic E-state index is 5.53. The van der Waals surface area contributed by atoms with E-state index in [2.05, 4.69) is 4.98 Å². The van der Waals surface area contributed by atoms with Gasteiger partial charge in [0.05, 0.1) is 11.2 Å². The molecule has 3 heteroatoms. The van der Waals surface area contributed by atoms with Crippen molar-refractivity contribution in [1.82, 2.24) is 9.38 Å². The van der Waals surface area contributed by atoms with E-state index in [0.29, 0.717) is 5.84 Å². The SMILES string of the molecule is Cc1cn2c(n1)oc1ccccc12. The first-order valence-corrected chi connectivity index (χ1v) is 4.18. The van der Waals surface area contributed by atoms with Crippen molar-refractivity contribution in [2.45, 2.75) is 6.92 Å². The maximum absolute atomic E-state index is 5.53. The lowest BCUT2D eigenvalue weighted by Crippen LogP contribution is -1.74. The fraction of sp³-hybridized carbons (Fsp3) is 0.100. The molecule has 0 aliphatic rings. The van der Waals surface area contributed by atoms with Gasteiger partial charge in [-0.05, 0) is 19.1 Å². The smallest absolute Gasteiger partial charge is 0.307 e. The van der Waals surface area contributed by atoms with Crippen molar-refractivity contribution in [2.75, 3.05) is 0 Å². The molecule has 2 heterocycles. The molecule has 1 aromatic carbocycles. The summed E-state index contributed by atoms with van der Waals surface area (Å²) in [4.78, 5) is 4.25. The molecular weight excluding hydrogens is 164 g/mol. The fourth-order valence-electron chi connectivity index (χ4n) is 1.56. The van der Waals surface area contributed by atoms with E-state index in [-0.39, 0.29) is 0 Å². The van der Waals surface area contributed by atoms with Gasteiger partial charge in [0, 0.05) is 6.20 Å². The van der Waals surface area contributed by atoms with Crippen molar-refractivity contribution in [2.24, 2.45) is 0 Å². The molecule has 2 aromatic heterocycles. The number of para-hydroxylation sites is 2. The molecule has 0 N–H and O–H groups in total. The number of hydrogen-bond acceptors (Lipinski definition) is 2. The number of hydrogen-bond donors (Lipinski definition) is 0. The van der Waals surface area contributed by atoms with Crippen LogP contribution < -0.4 is 0 Å². The Morgan fingerprint density at radius 2 is 2.15 bits per heavy atom. The Kier molecular flexibility index (Phi) is 1.10. The summed E-state index contributed by atoms with van der Waals surface area (Å²) in [5.74, 6) is 0.665. The van der Waals surface area contributed by atoms with Crippen LogP contribution in [0.3, 0.4) is 0 Å². The standard InChI is InChI=1S/C10H8N2O/c1-7-6-12-8-4-2-3-5-9(8)13-10(12)11-7/h2-6H,1H3. The van der Waals surface area contributed by atoms with E-state index < -0.39 is 0 Å². The van der Waals surface area contributed by atoms with Crippen LogP contribution in [0.2, 0.25) is 0 Å². The first kappa shape index (κ1) is 6.71. The molecule has 0 amide bonds. The van der Waals surface area contributed by atoms with Crippen molar-refractivity contribution in [3.8, 4) is 0 Å². The van der Waals surface area contributed by atoms with Crippen molar-refractivity contribution in [3.05, 3.63) is 36.2 Å². The zero-order valence-electron chi connectivity index (χ0n) is 7.19. The Balaban J connectivity index is 2.60. The molecular formula is C10H8N2O. The number of rotatable bonds is 0. The van der Waals surface area contributed by atoms with E-state index in [0.717, 1.165) is 16.8 Å². The molecule has 0 fully saturated rings. The van der Waals surface area contributed by atoms with Crippen LogP contribution in [0.1, 0.15) is 5.69 Å². The summed E-state index contributed by atoms with van der Waals surface area (Å²) in [5, 5.41) is 0. The molecule has 64 valence electrons. The van der Waals surface area contributed by atoms with Gasteiger partial charge in [0.25, 0.3) is 0 Å². The minimum atomic E-state index is 0.665. The lowest BCUT2D eigenvalue weighted by Gasteiger charge is -1.85. The average molecular weight is 172 g/mol. The summed E-state index contributed by atoms with van der Waals surface area (Å²) >= 11 is 0. The first-order valence-electron chi connectivity index (χ1n) is 4.18. The van der Waals surface area contributed by atoms with E-state index in [4.69, 9.17) is 4.42 Å². The van der Waals surface area contributed by atoms with Crippen LogP contribution >= 0.6 is 0 Å². The van der Waals surface area contributed by atoms with Crippen molar-refractivity contribution >= 4 is 16.9 Å². The van der Waals surface area contributed by atoms with Crippen LogP contribution in [0.5, 0.6) is 0 Å². The van der Waals surface area contributed by atoms with Gasteiger partial charge in [-0.2, -0.15) is 4.98 Å². The highest BCUT2D eigenvalue weighted by atomic mass is 16.4. The van der Waals surface area contributed by atoms with Crippen LogP contribution in [0.25, 0.3) is 16.9 Å². The highest BCUT2D eigenvalue weighted by Gasteiger charge is 2.06. The average Bonchev–Trinajstić information content (AvgIpc) is 2.60. The molecule has 0 aliphatic carbocycles. The second-order valence-electron chi connectivity index (χ2n) is 3.10. The van der Waals surface area contributed by atoms with E-state index in [9.17, 15) is 0 Å². The number of aryl methyl sites for hydroxylation is 1. The second-order valence-corrected chi connectivity index (χ2v) is 3.10. The monoisotopic (exact) mass is 172 g/mol. The van der Waals surface area contributed by atoms with Gasteiger partial charge in [-0.15, -0.1) is 0 Å². The van der Waals surface area contributed by atoms with Gasteiger partial charge < -0.3 is 4.42 Å². The molecule has 0 unspecified atom stereocenters. The lowest BCUT2D eigenvalue weighted by atomic mass is 10.3. The highest BCUT2D eigenvalue weighted by Crippen LogP contribution is 2.19. The molecule has 0 spiro atoms. The van der Waals surface area contributed by atoms with Crippen LogP contribution in [0.15, 0.2) is 34.9 Å². The highest BCUT2D eigenvalue weighted by molar-refractivity contribution is 5.76. The van der Waals surface area contributed by atoms with Gasteiger partial charge in [-0.1, -0.05) is 12.1 Å². The van der Waals surface area contributed by atoms with Crippen LogP contribution in [0.4, 0.5) is 0 Å². The number of oxazole rings is 1. The summed E-state index contributed by atoms with van der Waals surface area (Å²) in [6.45, 7) is 1.96. The van der Waals surface area contributed by atoms with Crippen LogP contribution in [0, 0.1) is 6.92 Å².